The number of rotatable bonds is 2. The fraction of sp³-hybridized carbons (Fsp3) is 0.364. The van der Waals surface area contributed by atoms with Crippen LogP contribution in [0.3, 0.4) is 0 Å². The number of halogens is 1. The van der Waals surface area contributed by atoms with Gasteiger partial charge in [0.15, 0.2) is 0 Å². The van der Waals surface area contributed by atoms with Crippen LogP contribution in [-0.2, 0) is 6.54 Å². The Morgan fingerprint density at radius 1 is 1.60 bits per heavy atom. The molecule has 1 aromatic carbocycles. The number of fused-ring (bicyclic) bond motifs is 1. The van der Waals surface area contributed by atoms with Crippen LogP contribution in [0.5, 0.6) is 0 Å². The van der Waals surface area contributed by atoms with Gasteiger partial charge in [-0.05, 0) is 24.6 Å². The lowest BCUT2D eigenvalue weighted by Gasteiger charge is -2.22. The summed E-state index contributed by atoms with van der Waals surface area (Å²) < 4.78 is 0.942. The summed E-state index contributed by atoms with van der Waals surface area (Å²) in [5.74, 6) is 0.0873. The highest BCUT2D eigenvalue weighted by Crippen LogP contribution is 2.26. The minimum Gasteiger partial charge on any atom is -0.330 e. The SMILES string of the molecule is CC(CN)N1Cc2ccc(Br)cc2C1=O. The fourth-order valence-electron chi connectivity index (χ4n) is 1.78. The van der Waals surface area contributed by atoms with E-state index in [0.717, 1.165) is 15.6 Å². The second-order valence-corrected chi connectivity index (χ2v) is 4.73. The van der Waals surface area contributed by atoms with E-state index >= 15 is 0 Å². The summed E-state index contributed by atoms with van der Waals surface area (Å²) >= 11 is 3.37. The number of hydrogen-bond donors (Lipinski definition) is 1. The number of carbonyl (C=O) groups is 1. The normalized spacial score (nSPS) is 16.7. The molecule has 0 saturated heterocycles. The van der Waals surface area contributed by atoms with Crippen molar-refractivity contribution in [1.29, 1.82) is 0 Å². The summed E-state index contributed by atoms with van der Waals surface area (Å²) in [7, 11) is 0. The molecule has 1 aromatic rings. The third kappa shape index (κ3) is 1.79. The summed E-state index contributed by atoms with van der Waals surface area (Å²) in [4.78, 5) is 13.8. The summed E-state index contributed by atoms with van der Waals surface area (Å²) in [6.45, 7) is 3.15. The van der Waals surface area contributed by atoms with Gasteiger partial charge in [0.25, 0.3) is 5.91 Å². The maximum Gasteiger partial charge on any atom is 0.254 e. The molecule has 0 radical (unpaired) electrons. The van der Waals surface area contributed by atoms with Crippen LogP contribution in [0.1, 0.15) is 22.8 Å². The van der Waals surface area contributed by atoms with Gasteiger partial charge in [0.1, 0.15) is 0 Å². The second kappa shape index (κ2) is 3.94. The van der Waals surface area contributed by atoms with E-state index in [1.807, 2.05) is 30.0 Å². The lowest BCUT2D eigenvalue weighted by Crippen LogP contribution is -2.38. The van der Waals surface area contributed by atoms with Crippen LogP contribution >= 0.6 is 15.9 Å². The van der Waals surface area contributed by atoms with E-state index in [2.05, 4.69) is 15.9 Å². The van der Waals surface area contributed by atoms with Gasteiger partial charge in [-0.25, -0.2) is 0 Å². The van der Waals surface area contributed by atoms with Crippen molar-refractivity contribution in [3.63, 3.8) is 0 Å². The molecule has 1 unspecified atom stereocenters. The molecule has 0 fully saturated rings. The molecule has 1 amide bonds. The standard InChI is InChI=1S/C11H13BrN2O/c1-7(5-13)14-6-8-2-3-9(12)4-10(8)11(14)15/h2-4,7H,5-6,13H2,1H3. The topological polar surface area (TPSA) is 46.3 Å². The molecule has 1 aliphatic heterocycles. The third-order valence-electron chi connectivity index (χ3n) is 2.78. The molecule has 3 nitrogen and oxygen atoms in total. The van der Waals surface area contributed by atoms with Gasteiger partial charge in [0.05, 0.1) is 0 Å². The van der Waals surface area contributed by atoms with Gasteiger partial charge >= 0.3 is 0 Å². The first kappa shape index (κ1) is 10.6. The molecule has 2 N–H and O–H groups in total. The summed E-state index contributed by atoms with van der Waals surface area (Å²) in [5.41, 5.74) is 7.46. The Balaban J connectivity index is 2.33. The van der Waals surface area contributed by atoms with Crippen molar-refractivity contribution in [2.75, 3.05) is 6.54 Å². The van der Waals surface area contributed by atoms with Crippen LogP contribution in [0, 0.1) is 0 Å². The largest absolute Gasteiger partial charge is 0.330 e. The van der Waals surface area contributed by atoms with Crippen molar-refractivity contribution in [3.8, 4) is 0 Å². The minimum atomic E-state index is 0.0873. The van der Waals surface area contributed by atoms with E-state index in [1.54, 1.807) is 0 Å². The molecule has 80 valence electrons. The monoisotopic (exact) mass is 268 g/mol. The van der Waals surface area contributed by atoms with Crippen molar-refractivity contribution in [2.24, 2.45) is 5.73 Å². The molecule has 2 rings (SSSR count). The van der Waals surface area contributed by atoms with Crippen molar-refractivity contribution < 1.29 is 4.79 Å². The first-order valence-electron chi connectivity index (χ1n) is 4.93. The molecule has 1 heterocycles. The maximum absolute atomic E-state index is 12.0. The van der Waals surface area contributed by atoms with Gasteiger partial charge in [-0.2, -0.15) is 0 Å². The predicted octanol–water partition coefficient (Wildman–Crippen LogP) is 1.75. The Morgan fingerprint density at radius 2 is 2.33 bits per heavy atom. The molecule has 1 aliphatic rings. The lowest BCUT2D eigenvalue weighted by atomic mass is 10.1. The van der Waals surface area contributed by atoms with Crippen molar-refractivity contribution in [2.45, 2.75) is 19.5 Å². The maximum atomic E-state index is 12.0. The molecule has 0 bridgehead atoms. The highest BCUT2D eigenvalue weighted by molar-refractivity contribution is 9.10. The third-order valence-corrected chi connectivity index (χ3v) is 3.27. The molecular weight excluding hydrogens is 256 g/mol. The fourth-order valence-corrected chi connectivity index (χ4v) is 2.14. The number of carbonyl (C=O) groups excluding carboxylic acids is 1. The highest BCUT2D eigenvalue weighted by Gasteiger charge is 2.29. The number of hydrogen-bond acceptors (Lipinski definition) is 2. The summed E-state index contributed by atoms with van der Waals surface area (Å²) in [5, 5.41) is 0. The summed E-state index contributed by atoms with van der Waals surface area (Å²) in [6, 6.07) is 5.92. The Hall–Kier alpha value is -0.870. The zero-order chi connectivity index (χ0) is 11.0. The van der Waals surface area contributed by atoms with E-state index in [0.29, 0.717) is 13.1 Å². The number of nitrogens with zero attached hydrogens (tertiary/aromatic N) is 1. The molecular formula is C11H13BrN2O. The van der Waals surface area contributed by atoms with Crippen LogP contribution in [-0.4, -0.2) is 23.4 Å². The van der Waals surface area contributed by atoms with E-state index in [1.165, 1.54) is 0 Å². The van der Waals surface area contributed by atoms with E-state index in [9.17, 15) is 4.79 Å². The quantitative estimate of drug-likeness (QED) is 0.889. The predicted molar refractivity (Wildman–Crippen MR) is 62.5 cm³/mol. The van der Waals surface area contributed by atoms with Crippen LogP contribution in [0.25, 0.3) is 0 Å². The van der Waals surface area contributed by atoms with E-state index < -0.39 is 0 Å². The number of amides is 1. The van der Waals surface area contributed by atoms with Gasteiger partial charge in [0, 0.05) is 29.2 Å². The van der Waals surface area contributed by atoms with Gasteiger partial charge in [0.2, 0.25) is 0 Å². The highest BCUT2D eigenvalue weighted by atomic mass is 79.9. The van der Waals surface area contributed by atoms with Crippen molar-refractivity contribution in [3.05, 3.63) is 33.8 Å². The van der Waals surface area contributed by atoms with Crippen LogP contribution in [0.15, 0.2) is 22.7 Å². The Morgan fingerprint density at radius 3 is 3.00 bits per heavy atom. The molecule has 1 atom stereocenters. The van der Waals surface area contributed by atoms with Crippen LogP contribution in [0.2, 0.25) is 0 Å². The van der Waals surface area contributed by atoms with Crippen molar-refractivity contribution >= 4 is 21.8 Å². The van der Waals surface area contributed by atoms with Gasteiger partial charge in [-0.15, -0.1) is 0 Å². The molecule has 15 heavy (non-hydrogen) atoms. The van der Waals surface area contributed by atoms with Crippen LogP contribution in [0.4, 0.5) is 0 Å². The average Bonchev–Trinajstić information content (AvgIpc) is 2.55. The van der Waals surface area contributed by atoms with Crippen LogP contribution < -0.4 is 5.73 Å². The van der Waals surface area contributed by atoms with E-state index in [4.69, 9.17) is 5.73 Å². The smallest absolute Gasteiger partial charge is 0.254 e. The van der Waals surface area contributed by atoms with Gasteiger partial charge in [-0.3, -0.25) is 4.79 Å². The van der Waals surface area contributed by atoms with Crippen molar-refractivity contribution in [1.82, 2.24) is 4.90 Å². The molecule has 0 aliphatic carbocycles. The van der Waals surface area contributed by atoms with Gasteiger partial charge in [-0.1, -0.05) is 22.0 Å². The average molecular weight is 269 g/mol. The zero-order valence-corrected chi connectivity index (χ0v) is 10.1. The summed E-state index contributed by atoms with van der Waals surface area (Å²) in [6.07, 6.45) is 0. The molecule has 4 heteroatoms. The number of benzene rings is 1. The van der Waals surface area contributed by atoms with Gasteiger partial charge < -0.3 is 10.6 Å². The molecule has 0 aromatic heterocycles. The van der Waals surface area contributed by atoms with E-state index in [-0.39, 0.29) is 11.9 Å². The Kier molecular flexibility index (Phi) is 2.80. The lowest BCUT2D eigenvalue weighted by molar-refractivity contribution is 0.0723. The Labute approximate surface area is 97.4 Å². The first-order valence-corrected chi connectivity index (χ1v) is 5.72. The minimum absolute atomic E-state index is 0.0873. The zero-order valence-electron chi connectivity index (χ0n) is 8.53. The first-order chi connectivity index (χ1) is 7.13. The molecule has 0 saturated carbocycles. The number of nitrogens with two attached hydrogens (primary N) is 1. The Bertz CT molecular complexity index is 406. The second-order valence-electron chi connectivity index (χ2n) is 3.82. The molecule has 0 spiro atoms.